The lowest BCUT2D eigenvalue weighted by atomic mass is 9.99. The zero-order valence-corrected chi connectivity index (χ0v) is 14.4. The van der Waals surface area contributed by atoms with E-state index < -0.39 is 0 Å². The van der Waals surface area contributed by atoms with Crippen LogP contribution in [0.2, 0.25) is 0 Å². The molecule has 0 radical (unpaired) electrons. The second-order valence-electron chi connectivity index (χ2n) is 6.23. The summed E-state index contributed by atoms with van der Waals surface area (Å²) in [5.41, 5.74) is 0.991. The summed E-state index contributed by atoms with van der Waals surface area (Å²) in [6.07, 6.45) is 1.74. The first-order valence-electron chi connectivity index (χ1n) is 8.47. The molecule has 0 aliphatic carbocycles. The highest BCUT2D eigenvalue weighted by Crippen LogP contribution is 2.18. The predicted octanol–water partition coefficient (Wildman–Crippen LogP) is 1.78. The van der Waals surface area contributed by atoms with Gasteiger partial charge in [0.2, 0.25) is 0 Å². The van der Waals surface area contributed by atoms with Crippen LogP contribution < -0.4 is 0 Å². The van der Waals surface area contributed by atoms with Crippen molar-refractivity contribution in [1.82, 2.24) is 25.1 Å². The normalized spacial score (nSPS) is 17.5. The highest BCUT2D eigenvalue weighted by Gasteiger charge is 2.25. The molecule has 1 aliphatic rings. The van der Waals surface area contributed by atoms with Crippen LogP contribution in [0.5, 0.6) is 0 Å². The number of carbonyl (C=O) groups is 1. The largest absolute Gasteiger partial charge is 0.445 e. The van der Waals surface area contributed by atoms with E-state index in [0.29, 0.717) is 38.1 Å². The molecule has 1 aliphatic heterocycles. The van der Waals surface area contributed by atoms with E-state index in [0.717, 1.165) is 24.9 Å². The van der Waals surface area contributed by atoms with E-state index in [4.69, 9.17) is 9.47 Å². The molecule has 2 heterocycles. The topological polar surface area (TPSA) is 82.4 Å². The van der Waals surface area contributed by atoms with E-state index in [2.05, 4.69) is 15.5 Å². The second-order valence-corrected chi connectivity index (χ2v) is 6.23. The molecule has 134 valence electrons. The quantitative estimate of drug-likeness (QED) is 0.794. The van der Waals surface area contributed by atoms with Crippen molar-refractivity contribution in [2.45, 2.75) is 26.1 Å². The van der Waals surface area contributed by atoms with Crippen LogP contribution in [0.25, 0.3) is 0 Å². The Bertz CT molecular complexity index is 676. The number of aryl methyl sites for hydroxylation is 1. The van der Waals surface area contributed by atoms with Crippen LogP contribution in [0.15, 0.2) is 30.3 Å². The Morgan fingerprint density at radius 2 is 2.12 bits per heavy atom. The lowest BCUT2D eigenvalue weighted by Crippen LogP contribution is -2.41. The third-order valence-corrected chi connectivity index (χ3v) is 4.27. The van der Waals surface area contributed by atoms with Gasteiger partial charge in [0.25, 0.3) is 0 Å². The van der Waals surface area contributed by atoms with Gasteiger partial charge in [-0.1, -0.05) is 30.3 Å². The van der Waals surface area contributed by atoms with Gasteiger partial charge in [0.1, 0.15) is 13.2 Å². The van der Waals surface area contributed by atoms with Crippen LogP contribution in [0, 0.1) is 5.92 Å². The molecule has 8 heteroatoms. The second kappa shape index (κ2) is 8.57. The molecule has 1 unspecified atom stereocenters. The van der Waals surface area contributed by atoms with Gasteiger partial charge in [0.05, 0.1) is 6.61 Å². The third kappa shape index (κ3) is 4.99. The van der Waals surface area contributed by atoms with Crippen molar-refractivity contribution in [2.75, 3.05) is 19.7 Å². The summed E-state index contributed by atoms with van der Waals surface area (Å²) in [4.78, 5) is 14.0. The van der Waals surface area contributed by atoms with Crippen molar-refractivity contribution in [1.29, 1.82) is 0 Å². The Morgan fingerprint density at radius 3 is 2.88 bits per heavy atom. The average Bonchev–Trinajstić information content (AvgIpc) is 3.06. The average molecular weight is 345 g/mol. The fourth-order valence-corrected chi connectivity index (χ4v) is 2.86. The van der Waals surface area contributed by atoms with Crippen molar-refractivity contribution >= 4 is 6.09 Å². The van der Waals surface area contributed by atoms with E-state index in [1.54, 1.807) is 16.6 Å². The van der Waals surface area contributed by atoms with E-state index in [9.17, 15) is 4.79 Å². The van der Waals surface area contributed by atoms with Gasteiger partial charge in [-0.15, -0.1) is 5.10 Å². The number of benzene rings is 1. The molecule has 8 nitrogen and oxygen atoms in total. The molecule has 0 saturated carbocycles. The van der Waals surface area contributed by atoms with Crippen LogP contribution >= 0.6 is 0 Å². The van der Waals surface area contributed by atoms with E-state index in [1.165, 1.54) is 0 Å². The highest BCUT2D eigenvalue weighted by molar-refractivity contribution is 5.67. The Balaban J connectivity index is 1.41. The molecule has 1 aromatic carbocycles. The van der Waals surface area contributed by atoms with Gasteiger partial charge in [0, 0.05) is 26.1 Å². The fraction of sp³-hybridized carbons (Fsp3) is 0.529. The number of likely N-dealkylation sites (tertiary alicyclic amines) is 1. The SMILES string of the molecule is Cn1nnnc1COCC1CCCN(C(=O)OCc2ccccc2)C1. The van der Waals surface area contributed by atoms with Gasteiger partial charge in [-0.3, -0.25) is 0 Å². The van der Waals surface area contributed by atoms with E-state index in [-0.39, 0.29) is 6.09 Å². The summed E-state index contributed by atoms with van der Waals surface area (Å²) in [6.45, 7) is 2.65. The molecule has 0 bridgehead atoms. The molecule has 2 aromatic rings. The first-order chi connectivity index (χ1) is 12.2. The van der Waals surface area contributed by atoms with Crippen LogP contribution in [0.3, 0.4) is 0 Å². The molecule has 1 saturated heterocycles. The number of hydrogen-bond acceptors (Lipinski definition) is 6. The number of aromatic nitrogens is 4. The predicted molar refractivity (Wildman–Crippen MR) is 89.4 cm³/mol. The van der Waals surface area contributed by atoms with Gasteiger partial charge in [-0.25, -0.2) is 9.48 Å². The number of hydrogen-bond donors (Lipinski definition) is 0. The van der Waals surface area contributed by atoms with E-state index in [1.807, 2.05) is 30.3 Å². The van der Waals surface area contributed by atoms with Crippen LogP contribution in [0.4, 0.5) is 4.79 Å². The molecule has 0 spiro atoms. The number of carbonyl (C=O) groups excluding carboxylic acids is 1. The first kappa shape index (κ1) is 17.3. The van der Waals surface area contributed by atoms with Gasteiger partial charge >= 0.3 is 6.09 Å². The molecule has 0 N–H and O–H groups in total. The summed E-state index contributed by atoms with van der Waals surface area (Å²) >= 11 is 0. The first-order valence-corrected chi connectivity index (χ1v) is 8.47. The summed E-state index contributed by atoms with van der Waals surface area (Å²) < 4.78 is 12.7. The molecular formula is C17H23N5O3. The van der Waals surface area contributed by atoms with E-state index >= 15 is 0 Å². The number of piperidine rings is 1. The van der Waals surface area contributed by atoms with Gasteiger partial charge in [0.15, 0.2) is 5.82 Å². The number of tetrazole rings is 1. The van der Waals surface area contributed by atoms with Gasteiger partial charge in [-0.05, 0) is 28.8 Å². The van der Waals surface area contributed by atoms with Gasteiger partial charge < -0.3 is 14.4 Å². The van der Waals surface area contributed by atoms with Crippen molar-refractivity contribution in [2.24, 2.45) is 13.0 Å². The maximum atomic E-state index is 12.3. The zero-order chi connectivity index (χ0) is 17.5. The molecule has 3 rings (SSSR count). The molecule has 1 aromatic heterocycles. The fourth-order valence-electron chi connectivity index (χ4n) is 2.86. The van der Waals surface area contributed by atoms with Crippen molar-refractivity contribution < 1.29 is 14.3 Å². The minimum absolute atomic E-state index is 0.258. The van der Waals surface area contributed by atoms with Crippen LogP contribution in [-0.2, 0) is 29.7 Å². The lowest BCUT2D eigenvalue weighted by Gasteiger charge is -2.31. The molecular weight excluding hydrogens is 322 g/mol. The third-order valence-electron chi connectivity index (χ3n) is 4.27. The number of ether oxygens (including phenoxy) is 2. The summed E-state index contributed by atoms with van der Waals surface area (Å²) in [7, 11) is 1.78. The Kier molecular flexibility index (Phi) is 5.95. The van der Waals surface area contributed by atoms with Gasteiger partial charge in [-0.2, -0.15) is 0 Å². The smallest absolute Gasteiger partial charge is 0.410 e. The summed E-state index contributed by atoms with van der Waals surface area (Å²) in [6, 6.07) is 9.70. The number of amides is 1. The minimum Gasteiger partial charge on any atom is -0.445 e. The van der Waals surface area contributed by atoms with Crippen LogP contribution in [-0.4, -0.2) is 50.9 Å². The standard InChI is InChI=1S/C17H23N5O3/c1-21-16(18-19-20-21)13-24-11-15-8-5-9-22(10-15)17(23)25-12-14-6-3-2-4-7-14/h2-4,6-7,15H,5,8-13H2,1H3. The number of nitrogens with zero attached hydrogens (tertiary/aromatic N) is 5. The summed E-state index contributed by atoms with van der Waals surface area (Å²) in [5.74, 6) is 0.995. The lowest BCUT2D eigenvalue weighted by molar-refractivity contribution is 0.0378. The molecule has 1 atom stereocenters. The van der Waals surface area contributed by atoms with Crippen molar-refractivity contribution in [3.05, 3.63) is 41.7 Å². The Labute approximate surface area is 146 Å². The highest BCUT2D eigenvalue weighted by atomic mass is 16.6. The zero-order valence-electron chi connectivity index (χ0n) is 14.4. The summed E-state index contributed by atoms with van der Waals surface area (Å²) in [5, 5.41) is 11.2. The molecule has 1 amide bonds. The molecule has 25 heavy (non-hydrogen) atoms. The maximum Gasteiger partial charge on any atom is 0.410 e. The Morgan fingerprint density at radius 1 is 1.28 bits per heavy atom. The van der Waals surface area contributed by atoms with Crippen molar-refractivity contribution in [3.63, 3.8) is 0 Å². The monoisotopic (exact) mass is 345 g/mol. The molecule has 1 fully saturated rings. The number of rotatable bonds is 6. The minimum atomic E-state index is -0.258. The van der Waals surface area contributed by atoms with Crippen molar-refractivity contribution in [3.8, 4) is 0 Å². The maximum absolute atomic E-state index is 12.3. The Hall–Kier alpha value is -2.48. The van der Waals surface area contributed by atoms with Crippen LogP contribution in [0.1, 0.15) is 24.2 Å².